The molecule has 2 nitrogen and oxygen atoms in total. The van der Waals surface area contributed by atoms with Gasteiger partial charge < -0.3 is 4.90 Å². The third-order valence-corrected chi connectivity index (χ3v) is 3.92. The first-order chi connectivity index (χ1) is 11.9. The first-order valence-corrected chi connectivity index (χ1v) is 8.11. The number of hydrogen-bond donors (Lipinski definition) is 0. The largest absolute Gasteiger partial charge is 0.417 e. The van der Waals surface area contributed by atoms with E-state index in [1.807, 2.05) is 0 Å². The van der Waals surface area contributed by atoms with Crippen molar-refractivity contribution < 1.29 is 18.0 Å². The molecule has 0 atom stereocenters. The predicted molar refractivity (Wildman–Crippen MR) is 93.7 cm³/mol. The zero-order valence-electron chi connectivity index (χ0n) is 14.2. The zero-order chi connectivity index (χ0) is 18.4. The minimum atomic E-state index is -4.66. The molecule has 0 aliphatic rings. The lowest BCUT2D eigenvalue weighted by molar-refractivity contribution is -0.125. The quantitative estimate of drug-likeness (QED) is 0.549. The summed E-state index contributed by atoms with van der Waals surface area (Å²) in [5.74, 6) is -0.618. The fourth-order valence-corrected chi connectivity index (χ4v) is 2.70. The van der Waals surface area contributed by atoms with Crippen LogP contribution in [-0.4, -0.2) is 30.1 Å². The summed E-state index contributed by atoms with van der Waals surface area (Å²) in [7, 11) is 0. The van der Waals surface area contributed by atoms with E-state index in [2.05, 4.69) is 0 Å². The average Bonchev–Trinajstić information content (AvgIpc) is 2.61. The van der Waals surface area contributed by atoms with Crippen molar-refractivity contribution in [2.75, 3.05) is 13.1 Å². The molecular formula is C20H20F3NO. The summed E-state index contributed by atoms with van der Waals surface area (Å²) >= 11 is 0. The molecule has 0 heterocycles. The number of carbonyl (C=O) groups excluding carboxylic acids is 1. The first-order valence-electron chi connectivity index (χ1n) is 8.11. The molecule has 0 aliphatic heterocycles. The molecular weight excluding hydrogens is 327 g/mol. The summed E-state index contributed by atoms with van der Waals surface area (Å²) in [4.78, 5) is 14.3. The van der Waals surface area contributed by atoms with Gasteiger partial charge in [0.2, 0.25) is 0 Å². The standard InChI is InChI=1S/C20H20F3NO/c1-3-24(4-2)19(25)17(15-11-7-5-8-12-15)18(20(21,22)23)16-13-9-6-10-14-16/h5-14H,3-4H2,1-2H3/b18-17-. The van der Waals surface area contributed by atoms with Crippen LogP contribution in [0.25, 0.3) is 11.1 Å². The summed E-state index contributed by atoms with van der Waals surface area (Å²) in [6, 6.07) is 15.5. The molecule has 2 aromatic rings. The number of rotatable bonds is 5. The molecule has 0 aromatic heterocycles. The number of amides is 1. The Hall–Kier alpha value is -2.56. The van der Waals surface area contributed by atoms with Crippen LogP contribution in [-0.2, 0) is 4.79 Å². The highest BCUT2D eigenvalue weighted by Crippen LogP contribution is 2.40. The summed E-state index contributed by atoms with van der Waals surface area (Å²) < 4.78 is 41.8. The topological polar surface area (TPSA) is 20.3 Å². The normalized spacial score (nSPS) is 12.5. The van der Waals surface area contributed by atoms with Crippen molar-refractivity contribution in [1.29, 1.82) is 0 Å². The predicted octanol–water partition coefficient (Wildman–Crippen LogP) is 5.03. The molecule has 1 amide bonds. The highest BCUT2D eigenvalue weighted by Gasteiger charge is 2.40. The van der Waals surface area contributed by atoms with Gasteiger partial charge >= 0.3 is 6.18 Å². The van der Waals surface area contributed by atoms with Gasteiger partial charge in [0, 0.05) is 13.1 Å². The fourth-order valence-electron chi connectivity index (χ4n) is 2.70. The Labute approximate surface area is 145 Å². The second-order valence-corrected chi connectivity index (χ2v) is 5.46. The van der Waals surface area contributed by atoms with Crippen molar-refractivity contribution in [3.63, 3.8) is 0 Å². The highest BCUT2D eigenvalue weighted by molar-refractivity contribution is 6.27. The Morgan fingerprint density at radius 1 is 0.840 bits per heavy atom. The average molecular weight is 347 g/mol. The maximum absolute atomic E-state index is 13.9. The Morgan fingerprint density at radius 2 is 1.28 bits per heavy atom. The number of likely N-dealkylation sites (N-methyl/N-ethyl adjacent to an activating group) is 1. The van der Waals surface area contributed by atoms with Crippen molar-refractivity contribution in [1.82, 2.24) is 4.90 Å². The lowest BCUT2D eigenvalue weighted by atomic mass is 9.93. The molecule has 25 heavy (non-hydrogen) atoms. The molecule has 132 valence electrons. The summed E-state index contributed by atoms with van der Waals surface area (Å²) in [5, 5.41) is 0. The lowest BCUT2D eigenvalue weighted by Gasteiger charge is -2.24. The molecule has 0 N–H and O–H groups in total. The number of benzene rings is 2. The van der Waals surface area contributed by atoms with Crippen molar-refractivity contribution in [2.45, 2.75) is 20.0 Å². The molecule has 0 fully saturated rings. The van der Waals surface area contributed by atoms with Crippen LogP contribution in [0.1, 0.15) is 25.0 Å². The SMILES string of the molecule is CCN(CC)C(=O)/C(=C(/c1ccccc1)C(F)(F)F)c1ccccc1. The number of halogens is 3. The number of nitrogens with zero attached hydrogens (tertiary/aromatic N) is 1. The van der Waals surface area contributed by atoms with Gasteiger partial charge in [0.05, 0.1) is 11.1 Å². The van der Waals surface area contributed by atoms with Gasteiger partial charge in [0.15, 0.2) is 0 Å². The van der Waals surface area contributed by atoms with Crippen LogP contribution >= 0.6 is 0 Å². The van der Waals surface area contributed by atoms with Crippen LogP contribution < -0.4 is 0 Å². The van der Waals surface area contributed by atoms with Crippen LogP contribution in [0.5, 0.6) is 0 Å². The van der Waals surface area contributed by atoms with E-state index in [9.17, 15) is 18.0 Å². The van der Waals surface area contributed by atoms with Crippen LogP contribution in [0.15, 0.2) is 60.7 Å². The minimum Gasteiger partial charge on any atom is -0.339 e. The molecule has 2 rings (SSSR count). The van der Waals surface area contributed by atoms with Gasteiger partial charge in [0.1, 0.15) is 0 Å². The smallest absolute Gasteiger partial charge is 0.339 e. The molecule has 0 saturated heterocycles. The molecule has 0 saturated carbocycles. The van der Waals surface area contributed by atoms with E-state index in [1.165, 1.54) is 41.3 Å². The lowest BCUT2D eigenvalue weighted by Crippen LogP contribution is -2.33. The second-order valence-electron chi connectivity index (χ2n) is 5.46. The van der Waals surface area contributed by atoms with Gasteiger partial charge in [-0.1, -0.05) is 60.7 Å². The molecule has 0 aliphatic carbocycles. The van der Waals surface area contributed by atoms with E-state index < -0.39 is 17.7 Å². The van der Waals surface area contributed by atoms with Crippen LogP contribution in [0.2, 0.25) is 0 Å². The molecule has 0 spiro atoms. The maximum Gasteiger partial charge on any atom is 0.417 e. The summed E-state index contributed by atoms with van der Waals surface area (Å²) in [6.45, 7) is 4.18. The van der Waals surface area contributed by atoms with E-state index in [0.717, 1.165) is 0 Å². The monoisotopic (exact) mass is 347 g/mol. The Balaban J connectivity index is 2.81. The van der Waals surface area contributed by atoms with Gasteiger partial charge in [0.25, 0.3) is 5.91 Å². The van der Waals surface area contributed by atoms with Crippen molar-refractivity contribution in [3.05, 3.63) is 71.8 Å². The molecule has 0 bridgehead atoms. The number of allylic oxidation sites excluding steroid dienone is 1. The van der Waals surface area contributed by atoms with E-state index in [4.69, 9.17) is 0 Å². The fraction of sp³-hybridized carbons (Fsp3) is 0.250. The van der Waals surface area contributed by atoms with Gasteiger partial charge in [-0.05, 0) is 25.0 Å². The van der Waals surface area contributed by atoms with Crippen LogP contribution in [0.4, 0.5) is 13.2 Å². The van der Waals surface area contributed by atoms with Gasteiger partial charge in [-0.25, -0.2) is 0 Å². The van der Waals surface area contributed by atoms with Gasteiger partial charge in [-0.15, -0.1) is 0 Å². The third kappa shape index (κ3) is 4.29. The van der Waals surface area contributed by atoms with Crippen LogP contribution in [0.3, 0.4) is 0 Å². The van der Waals surface area contributed by atoms with Gasteiger partial charge in [-0.3, -0.25) is 4.79 Å². The number of alkyl halides is 3. The summed E-state index contributed by atoms with van der Waals surface area (Å²) in [6.07, 6.45) is -4.66. The highest BCUT2D eigenvalue weighted by atomic mass is 19.4. The first kappa shape index (κ1) is 18.8. The van der Waals surface area contributed by atoms with E-state index >= 15 is 0 Å². The second kappa shape index (κ2) is 8.01. The van der Waals surface area contributed by atoms with E-state index in [0.29, 0.717) is 13.1 Å². The minimum absolute atomic E-state index is 0.0191. The third-order valence-electron chi connectivity index (χ3n) is 3.92. The zero-order valence-corrected chi connectivity index (χ0v) is 14.2. The van der Waals surface area contributed by atoms with Gasteiger partial charge in [-0.2, -0.15) is 13.2 Å². The number of carbonyl (C=O) groups is 1. The van der Waals surface area contributed by atoms with E-state index in [1.54, 1.807) is 38.1 Å². The Morgan fingerprint density at radius 3 is 1.68 bits per heavy atom. The Bertz CT molecular complexity index is 733. The Kier molecular flexibility index (Phi) is 6.02. The van der Waals surface area contributed by atoms with Crippen molar-refractivity contribution in [3.8, 4) is 0 Å². The molecule has 2 aromatic carbocycles. The van der Waals surface area contributed by atoms with E-state index in [-0.39, 0.29) is 16.7 Å². The van der Waals surface area contributed by atoms with Crippen molar-refractivity contribution in [2.24, 2.45) is 0 Å². The van der Waals surface area contributed by atoms with Crippen LogP contribution in [0, 0.1) is 0 Å². The molecule has 5 heteroatoms. The molecule has 0 radical (unpaired) electrons. The molecule has 0 unspecified atom stereocenters. The number of hydrogen-bond acceptors (Lipinski definition) is 1. The maximum atomic E-state index is 13.9. The summed E-state index contributed by atoms with van der Waals surface area (Å²) in [5.41, 5.74) is -0.982. The van der Waals surface area contributed by atoms with Crippen molar-refractivity contribution >= 4 is 17.1 Å².